The van der Waals surface area contributed by atoms with E-state index in [1.54, 1.807) is 32.0 Å². The monoisotopic (exact) mass is 238 g/mol. The van der Waals surface area contributed by atoms with Crippen molar-refractivity contribution in [1.82, 2.24) is 4.31 Å². The van der Waals surface area contributed by atoms with Crippen molar-refractivity contribution in [3.05, 3.63) is 30.3 Å². The second kappa shape index (κ2) is 5.10. The van der Waals surface area contributed by atoms with Crippen molar-refractivity contribution in [2.75, 3.05) is 6.54 Å². The van der Waals surface area contributed by atoms with Crippen molar-refractivity contribution >= 4 is 10.0 Å². The summed E-state index contributed by atoms with van der Waals surface area (Å²) >= 11 is 0. The molecular weight excluding hydrogens is 224 g/mol. The summed E-state index contributed by atoms with van der Waals surface area (Å²) < 4.78 is 25.5. The Morgan fingerprint density at radius 2 is 1.88 bits per heavy atom. The van der Waals surface area contributed by atoms with Gasteiger partial charge in [-0.05, 0) is 26.0 Å². The van der Waals surface area contributed by atoms with E-state index in [2.05, 4.69) is 0 Å². The fraction of sp³-hybridized carbons (Fsp3) is 0.364. The Bertz CT molecular complexity index is 474. The number of hydrogen-bond donors (Lipinski definition) is 0. The molecule has 0 aromatic heterocycles. The van der Waals surface area contributed by atoms with Crippen LogP contribution in [0.4, 0.5) is 0 Å². The van der Waals surface area contributed by atoms with E-state index in [1.165, 1.54) is 16.4 Å². The number of benzene rings is 1. The predicted molar refractivity (Wildman–Crippen MR) is 61.1 cm³/mol. The Morgan fingerprint density at radius 1 is 1.31 bits per heavy atom. The molecule has 0 unspecified atom stereocenters. The molecule has 0 saturated carbocycles. The molecule has 0 aliphatic heterocycles. The highest BCUT2D eigenvalue weighted by atomic mass is 32.2. The molecule has 0 spiro atoms. The van der Waals surface area contributed by atoms with Crippen molar-refractivity contribution in [1.29, 1.82) is 5.26 Å². The smallest absolute Gasteiger partial charge is 0.207 e. The van der Waals surface area contributed by atoms with Crippen LogP contribution < -0.4 is 0 Å². The quantitative estimate of drug-likeness (QED) is 0.749. The van der Waals surface area contributed by atoms with Gasteiger partial charge in [0.1, 0.15) is 6.54 Å². The van der Waals surface area contributed by atoms with Crippen molar-refractivity contribution in [3.8, 4) is 6.07 Å². The van der Waals surface area contributed by atoms with Crippen molar-refractivity contribution in [2.45, 2.75) is 24.8 Å². The third-order valence-electron chi connectivity index (χ3n) is 2.15. The molecule has 0 heterocycles. The van der Waals surface area contributed by atoms with Gasteiger partial charge in [0.05, 0.1) is 11.0 Å². The molecule has 0 bridgehead atoms. The van der Waals surface area contributed by atoms with Gasteiger partial charge in [-0.2, -0.15) is 9.57 Å². The molecule has 16 heavy (non-hydrogen) atoms. The Hall–Kier alpha value is -1.38. The standard InChI is InChI=1S/C11H14N2O2S/c1-10(2)13(9-8-12)16(14,15)11-6-4-3-5-7-11/h3-7,10H,9H2,1-2H3. The van der Waals surface area contributed by atoms with Gasteiger partial charge in [-0.15, -0.1) is 0 Å². The van der Waals surface area contributed by atoms with Gasteiger partial charge in [0, 0.05) is 6.04 Å². The van der Waals surface area contributed by atoms with Crippen LogP contribution in [0.3, 0.4) is 0 Å². The third-order valence-corrected chi connectivity index (χ3v) is 4.19. The number of sulfonamides is 1. The number of rotatable bonds is 4. The molecule has 1 aromatic rings. The lowest BCUT2D eigenvalue weighted by Crippen LogP contribution is -2.37. The number of hydrogen-bond acceptors (Lipinski definition) is 3. The molecule has 0 N–H and O–H groups in total. The average Bonchev–Trinajstić information content (AvgIpc) is 2.26. The molecule has 86 valence electrons. The van der Waals surface area contributed by atoms with Gasteiger partial charge in [-0.25, -0.2) is 8.42 Å². The van der Waals surface area contributed by atoms with E-state index in [4.69, 9.17) is 5.26 Å². The first kappa shape index (κ1) is 12.7. The SMILES string of the molecule is CC(C)N(CC#N)S(=O)(=O)c1ccccc1. The average molecular weight is 238 g/mol. The molecular formula is C11H14N2O2S. The Kier molecular flexibility index (Phi) is 4.05. The van der Waals surface area contributed by atoms with Crippen LogP contribution >= 0.6 is 0 Å². The molecule has 0 fully saturated rings. The van der Waals surface area contributed by atoms with E-state index in [-0.39, 0.29) is 17.5 Å². The normalized spacial score (nSPS) is 11.7. The lowest BCUT2D eigenvalue weighted by atomic mass is 10.4. The molecule has 1 aromatic carbocycles. The van der Waals surface area contributed by atoms with Crippen LogP contribution in [0, 0.1) is 11.3 Å². The molecule has 5 heteroatoms. The van der Waals surface area contributed by atoms with Crippen LogP contribution in [0.1, 0.15) is 13.8 Å². The molecule has 0 atom stereocenters. The molecule has 0 amide bonds. The van der Waals surface area contributed by atoms with Crippen LogP contribution in [0.25, 0.3) is 0 Å². The minimum atomic E-state index is -3.55. The maximum absolute atomic E-state index is 12.1. The van der Waals surface area contributed by atoms with Gasteiger partial charge in [0.25, 0.3) is 0 Å². The number of nitrogens with zero attached hydrogens (tertiary/aromatic N) is 2. The van der Waals surface area contributed by atoms with Crippen molar-refractivity contribution in [3.63, 3.8) is 0 Å². The molecule has 0 radical (unpaired) electrons. The summed E-state index contributed by atoms with van der Waals surface area (Å²) in [6.07, 6.45) is 0. The first-order valence-corrected chi connectivity index (χ1v) is 6.38. The summed E-state index contributed by atoms with van der Waals surface area (Å²) in [5, 5.41) is 8.64. The first-order chi connectivity index (χ1) is 7.50. The summed E-state index contributed by atoms with van der Waals surface area (Å²) in [5.41, 5.74) is 0. The highest BCUT2D eigenvalue weighted by Crippen LogP contribution is 2.17. The minimum absolute atomic E-state index is 0.130. The maximum atomic E-state index is 12.1. The van der Waals surface area contributed by atoms with Crippen LogP contribution in [-0.2, 0) is 10.0 Å². The van der Waals surface area contributed by atoms with E-state index in [1.807, 2.05) is 6.07 Å². The van der Waals surface area contributed by atoms with E-state index in [0.717, 1.165) is 0 Å². The van der Waals surface area contributed by atoms with Gasteiger partial charge in [0.2, 0.25) is 10.0 Å². The van der Waals surface area contributed by atoms with Crippen LogP contribution in [0.5, 0.6) is 0 Å². The van der Waals surface area contributed by atoms with Gasteiger partial charge < -0.3 is 0 Å². The Morgan fingerprint density at radius 3 is 2.31 bits per heavy atom. The fourth-order valence-corrected chi connectivity index (χ4v) is 2.90. The largest absolute Gasteiger partial charge is 0.244 e. The maximum Gasteiger partial charge on any atom is 0.244 e. The zero-order valence-corrected chi connectivity index (χ0v) is 10.1. The van der Waals surface area contributed by atoms with Crippen LogP contribution in [0.15, 0.2) is 35.2 Å². The van der Waals surface area contributed by atoms with Crippen LogP contribution in [-0.4, -0.2) is 25.3 Å². The van der Waals surface area contributed by atoms with Gasteiger partial charge in [-0.3, -0.25) is 0 Å². The summed E-state index contributed by atoms with van der Waals surface area (Å²) in [5.74, 6) is 0. The zero-order valence-electron chi connectivity index (χ0n) is 9.29. The van der Waals surface area contributed by atoms with Crippen molar-refractivity contribution in [2.24, 2.45) is 0 Å². The van der Waals surface area contributed by atoms with E-state index >= 15 is 0 Å². The molecule has 0 aliphatic rings. The molecule has 0 aliphatic carbocycles. The molecule has 1 rings (SSSR count). The van der Waals surface area contributed by atoms with Crippen LogP contribution in [0.2, 0.25) is 0 Å². The van der Waals surface area contributed by atoms with E-state index < -0.39 is 10.0 Å². The fourth-order valence-electron chi connectivity index (χ4n) is 1.34. The first-order valence-electron chi connectivity index (χ1n) is 4.94. The molecule has 0 saturated heterocycles. The zero-order chi connectivity index (χ0) is 12.2. The van der Waals surface area contributed by atoms with E-state index in [0.29, 0.717) is 0 Å². The topological polar surface area (TPSA) is 61.2 Å². The summed E-state index contributed by atoms with van der Waals surface area (Å²) in [6.45, 7) is 3.37. The minimum Gasteiger partial charge on any atom is -0.207 e. The second-order valence-corrected chi connectivity index (χ2v) is 5.51. The summed E-state index contributed by atoms with van der Waals surface area (Å²) in [7, 11) is -3.55. The van der Waals surface area contributed by atoms with Crippen molar-refractivity contribution < 1.29 is 8.42 Å². The number of nitriles is 1. The molecule has 4 nitrogen and oxygen atoms in total. The van der Waals surface area contributed by atoms with E-state index in [9.17, 15) is 8.42 Å². The third kappa shape index (κ3) is 2.60. The predicted octanol–water partition coefficient (Wildman–Crippen LogP) is 1.61. The second-order valence-electron chi connectivity index (χ2n) is 3.62. The Balaban J connectivity index is 3.15. The van der Waals surface area contributed by atoms with Gasteiger partial charge in [-0.1, -0.05) is 18.2 Å². The summed E-state index contributed by atoms with van der Waals surface area (Å²) in [4.78, 5) is 0.221. The summed E-state index contributed by atoms with van der Waals surface area (Å²) in [6, 6.07) is 9.78. The highest BCUT2D eigenvalue weighted by Gasteiger charge is 2.26. The van der Waals surface area contributed by atoms with Gasteiger partial charge in [0.15, 0.2) is 0 Å². The lowest BCUT2D eigenvalue weighted by Gasteiger charge is -2.22. The van der Waals surface area contributed by atoms with Gasteiger partial charge >= 0.3 is 0 Å². The Labute approximate surface area is 96.2 Å². The highest BCUT2D eigenvalue weighted by molar-refractivity contribution is 7.89. The lowest BCUT2D eigenvalue weighted by molar-refractivity contribution is 0.385.